The molecule has 0 aromatic heterocycles. The molecule has 0 aliphatic carbocycles. The number of cyclic esters (lactones) is 2. The summed E-state index contributed by atoms with van der Waals surface area (Å²) in [6.45, 7) is 0. The normalized spacial score (nSPS) is 14.1. The van der Waals surface area contributed by atoms with E-state index in [-0.39, 0.29) is 0 Å². The number of carbonyl (C=O) groups is 2. The van der Waals surface area contributed by atoms with Crippen LogP contribution in [-0.2, 0) is 4.74 Å². The molecule has 0 atom stereocenters. The van der Waals surface area contributed by atoms with Crippen LogP contribution in [0.4, 0.5) is 0 Å². The highest BCUT2D eigenvalue weighted by atomic mass is 127. The van der Waals surface area contributed by atoms with Crippen molar-refractivity contribution in [1.29, 1.82) is 0 Å². The third kappa shape index (κ3) is 1.19. The van der Waals surface area contributed by atoms with Crippen LogP contribution in [0, 0.1) is 3.57 Å². The molecule has 0 radical (unpaired) electrons. The number of benzene rings is 2. The third-order valence-electron chi connectivity index (χ3n) is 2.61. The van der Waals surface area contributed by atoms with Crippen molar-refractivity contribution in [2.75, 3.05) is 0 Å². The van der Waals surface area contributed by atoms with E-state index in [0.29, 0.717) is 16.5 Å². The van der Waals surface area contributed by atoms with E-state index in [2.05, 4.69) is 27.3 Å². The van der Waals surface area contributed by atoms with Crippen molar-refractivity contribution >= 4 is 45.3 Å². The van der Waals surface area contributed by atoms with Gasteiger partial charge >= 0.3 is 11.9 Å². The quantitative estimate of drug-likeness (QED) is 0.425. The number of rotatable bonds is 0. The lowest BCUT2D eigenvalue weighted by atomic mass is 9.97. The van der Waals surface area contributed by atoms with Crippen LogP contribution in [0.2, 0.25) is 0 Å². The smallest absolute Gasteiger partial charge is 0.346 e. The summed E-state index contributed by atoms with van der Waals surface area (Å²) >= 11 is 2.18. The van der Waals surface area contributed by atoms with Crippen molar-refractivity contribution in [3.05, 3.63) is 45.0 Å². The molecule has 0 saturated carbocycles. The van der Waals surface area contributed by atoms with Crippen LogP contribution in [0.25, 0.3) is 10.8 Å². The molecule has 1 heterocycles. The molecule has 0 N–H and O–H groups in total. The molecule has 3 rings (SSSR count). The largest absolute Gasteiger partial charge is 0.386 e. The SMILES string of the molecule is O=C1OC(=O)c2ccc(I)c3cccc1c23. The lowest BCUT2D eigenvalue weighted by molar-refractivity contribution is 0.0391. The van der Waals surface area contributed by atoms with E-state index in [1.807, 2.05) is 12.1 Å². The lowest BCUT2D eigenvalue weighted by Gasteiger charge is -2.15. The van der Waals surface area contributed by atoms with Gasteiger partial charge in [0.1, 0.15) is 0 Å². The highest BCUT2D eigenvalue weighted by molar-refractivity contribution is 14.1. The van der Waals surface area contributed by atoms with Gasteiger partial charge in [-0.2, -0.15) is 0 Å². The Morgan fingerprint density at radius 2 is 1.62 bits per heavy atom. The Kier molecular flexibility index (Phi) is 2.00. The standard InChI is InChI=1S/C12H5IO3/c13-9-5-4-8-10-6(9)2-1-3-7(10)11(14)16-12(8)15/h1-5H. The summed E-state index contributed by atoms with van der Waals surface area (Å²) in [6, 6.07) is 8.91. The highest BCUT2D eigenvalue weighted by Gasteiger charge is 2.27. The van der Waals surface area contributed by atoms with E-state index in [1.165, 1.54) is 0 Å². The average molecular weight is 324 g/mol. The minimum atomic E-state index is -0.565. The molecule has 0 fully saturated rings. The summed E-state index contributed by atoms with van der Waals surface area (Å²) in [5.41, 5.74) is 0.927. The van der Waals surface area contributed by atoms with Crippen molar-refractivity contribution < 1.29 is 14.3 Å². The zero-order valence-corrected chi connectivity index (χ0v) is 10.1. The van der Waals surface area contributed by atoms with Gasteiger partial charge in [-0.15, -0.1) is 0 Å². The van der Waals surface area contributed by atoms with Crippen molar-refractivity contribution in [3.63, 3.8) is 0 Å². The van der Waals surface area contributed by atoms with Gasteiger partial charge in [-0.3, -0.25) is 0 Å². The first-order chi connectivity index (χ1) is 7.68. The van der Waals surface area contributed by atoms with Gasteiger partial charge in [-0.1, -0.05) is 12.1 Å². The van der Waals surface area contributed by atoms with Gasteiger partial charge in [0, 0.05) is 8.96 Å². The number of esters is 2. The number of hydrogen-bond acceptors (Lipinski definition) is 3. The molecule has 2 aromatic carbocycles. The van der Waals surface area contributed by atoms with E-state index in [9.17, 15) is 9.59 Å². The first-order valence-corrected chi connectivity index (χ1v) is 5.74. The lowest BCUT2D eigenvalue weighted by Crippen LogP contribution is -2.19. The van der Waals surface area contributed by atoms with Gasteiger partial charge in [0.25, 0.3) is 0 Å². The molecule has 0 unspecified atom stereocenters. The summed E-state index contributed by atoms with van der Waals surface area (Å²) in [5.74, 6) is -1.13. The highest BCUT2D eigenvalue weighted by Crippen LogP contribution is 2.31. The van der Waals surface area contributed by atoms with Crippen LogP contribution in [0.1, 0.15) is 20.7 Å². The number of hydrogen-bond donors (Lipinski definition) is 0. The first-order valence-electron chi connectivity index (χ1n) is 4.66. The summed E-state index contributed by atoms with van der Waals surface area (Å²) in [5, 5.41) is 1.62. The van der Waals surface area contributed by atoms with E-state index < -0.39 is 11.9 Å². The molecular formula is C12H5IO3. The van der Waals surface area contributed by atoms with Gasteiger partial charge in [0.15, 0.2) is 0 Å². The Labute approximate surface area is 105 Å². The first kappa shape index (κ1) is 9.77. The number of ether oxygens (including phenoxy) is 1. The summed E-state index contributed by atoms with van der Waals surface area (Å²) in [6.07, 6.45) is 0. The van der Waals surface area contributed by atoms with E-state index in [4.69, 9.17) is 0 Å². The van der Waals surface area contributed by atoms with Crippen LogP contribution in [0.15, 0.2) is 30.3 Å². The van der Waals surface area contributed by atoms with E-state index >= 15 is 0 Å². The fourth-order valence-electron chi connectivity index (χ4n) is 1.91. The van der Waals surface area contributed by atoms with Crippen molar-refractivity contribution in [3.8, 4) is 0 Å². The number of halogens is 1. The van der Waals surface area contributed by atoms with Gasteiger partial charge < -0.3 is 4.74 Å². The van der Waals surface area contributed by atoms with Crippen LogP contribution in [0.5, 0.6) is 0 Å². The van der Waals surface area contributed by atoms with Gasteiger partial charge in [-0.25, -0.2) is 9.59 Å². The van der Waals surface area contributed by atoms with E-state index in [0.717, 1.165) is 8.96 Å². The molecule has 2 aromatic rings. The molecule has 16 heavy (non-hydrogen) atoms. The Balaban J connectivity index is 2.57. The van der Waals surface area contributed by atoms with E-state index in [1.54, 1.807) is 18.2 Å². The molecule has 1 aliphatic heterocycles. The van der Waals surface area contributed by atoms with Crippen molar-refractivity contribution in [2.24, 2.45) is 0 Å². The van der Waals surface area contributed by atoms with Crippen LogP contribution < -0.4 is 0 Å². The van der Waals surface area contributed by atoms with Gasteiger partial charge in [0.2, 0.25) is 0 Å². The Morgan fingerprint density at radius 1 is 0.938 bits per heavy atom. The molecule has 3 nitrogen and oxygen atoms in total. The zero-order chi connectivity index (χ0) is 11.3. The second-order valence-electron chi connectivity index (χ2n) is 3.50. The molecule has 0 amide bonds. The van der Waals surface area contributed by atoms with Crippen LogP contribution >= 0.6 is 22.6 Å². The topological polar surface area (TPSA) is 43.4 Å². The molecular weight excluding hydrogens is 319 g/mol. The minimum Gasteiger partial charge on any atom is -0.386 e. The zero-order valence-electron chi connectivity index (χ0n) is 7.99. The maximum Gasteiger partial charge on any atom is 0.346 e. The van der Waals surface area contributed by atoms with Gasteiger partial charge in [-0.05, 0) is 46.2 Å². The Morgan fingerprint density at radius 3 is 2.38 bits per heavy atom. The molecule has 4 heteroatoms. The monoisotopic (exact) mass is 324 g/mol. The predicted molar refractivity (Wildman–Crippen MR) is 66.4 cm³/mol. The van der Waals surface area contributed by atoms with Crippen LogP contribution in [-0.4, -0.2) is 11.9 Å². The molecule has 1 aliphatic rings. The third-order valence-corrected chi connectivity index (χ3v) is 3.55. The minimum absolute atomic E-state index is 0.464. The molecule has 78 valence electrons. The Hall–Kier alpha value is -1.43. The van der Waals surface area contributed by atoms with Gasteiger partial charge in [0.05, 0.1) is 11.1 Å². The predicted octanol–water partition coefficient (Wildman–Crippen LogP) is 2.76. The average Bonchev–Trinajstić information content (AvgIpc) is 2.27. The molecule has 0 bridgehead atoms. The maximum absolute atomic E-state index is 11.5. The second-order valence-corrected chi connectivity index (χ2v) is 4.66. The van der Waals surface area contributed by atoms with Crippen molar-refractivity contribution in [1.82, 2.24) is 0 Å². The summed E-state index contributed by atoms with van der Waals surface area (Å²) in [7, 11) is 0. The summed E-state index contributed by atoms with van der Waals surface area (Å²) in [4.78, 5) is 23.1. The Bertz CT molecular complexity index is 626. The van der Waals surface area contributed by atoms with Crippen LogP contribution in [0.3, 0.4) is 0 Å². The second kappa shape index (κ2) is 3.28. The molecule has 0 saturated heterocycles. The fourth-order valence-corrected chi connectivity index (χ4v) is 2.53. The fraction of sp³-hybridized carbons (Fsp3) is 0. The molecule has 0 spiro atoms. The van der Waals surface area contributed by atoms with Crippen molar-refractivity contribution in [2.45, 2.75) is 0 Å². The maximum atomic E-state index is 11.5. The summed E-state index contributed by atoms with van der Waals surface area (Å²) < 4.78 is 5.68. The number of carbonyl (C=O) groups excluding carboxylic acids is 2.